The molecule has 1 aliphatic heterocycles. The van der Waals surface area contributed by atoms with Crippen LogP contribution >= 0.6 is 11.6 Å². The lowest BCUT2D eigenvalue weighted by atomic mass is 10.3. The van der Waals surface area contributed by atoms with Crippen LogP contribution in [0.2, 0.25) is 5.02 Å². The summed E-state index contributed by atoms with van der Waals surface area (Å²) in [6, 6.07) is 6.68. The average molecular weight is 306 g/mol. The van der Waals surface area contributed by atoms with Crippen molar-refractivity contribution < 1.29 is 22.1 Å². The Balaban J connectivity index is 2.01. The van der Waals surface area contributed by atoms with Gasteiger partial charge in [-0.05, 0) is 24.3 Å². The molecule has 1 heterocycles. The Hall–Kier alpha value is -1.31. The molecule has 104 valence electrons. The molecule has 0 saturated carbocycles. The minimum absolute atomic E-state index is 0.186. The van der Waals surface area contributed by atoms with Crippen molar-refractivity contribution in [1.82, 2.24) is 0 Å². The Morgan fingerprint density at radius 2 is 2.05 bits per heavy atom. The molecule has 1 aromatic rings. The molecule has 1 saturated heterocycles. The van der Waals surface area contributed by atoms with E-state index in [0.717, 1.165) is 6.26 Å². The number of halogens is 1. The van der Waals surface area contributed by atoms with Crippen LogP contribution in [0.3, 0.4) is 0 Å². The molecule has 2 rings (SSSR count). The maximum atomic E-state index is 11.7. The molecule has 1 aromatic carbocycles. The Labute approximate surface area is 116 Å². The number of cyclic esters (lactones) is 1. The molecule has 1 amide bonds. The Kier molecular flexibility index (Phi) is 3.98. The average Bonchev–Trinajstić information content (AvgIpc) is 2.68. The third-order valence-corrected chi connectivity index (χ3v) is 3.30. The smallest absolute Gasteiger partial charge is 0.414 e. The number of hydrogen-bond donors (Lipinski definition) is 0. The molecule has 0 unspecified atom stereocenters. The third-order valence-electron chi connectivity index (χ3n) is 2.48. The third kappa shape index (κ3) is 3.82. The van der Waals surface area contributed by atoms with Gasteiger partial charge < -0.3 is 4.74 Å². The van der Waals surface area contributed by atoms with Crippen molar-refractivity contribution in [1.29, 1.82) is 0 Å². The van der Waals surface area contributed by atoms with Gasteiger partial charge in [-0.15, -0.1) is 0 Å². The van der Waals surface area contributed by atoms with Crippen LogP contribution in [0.15, 0.2) is 24.3 Å². The molecule has 0 N–H and O–H groups in total. The van der Waals surface area contributed by atoms with Crippen LogP contribution in [0.25, 0.3) is 0 Å². The number of ether oxygens (including phenoxy) is 1. The van der Waals surface area contributed by atoms with Crippen LogP contribution in [0, 0.1) is 0 Å². The van der Waals surface area contributed by atoms with Crippen molar-refractivity contribution in [2.75, 3.05) is 24.3 Å². The summed E-state index contributed by atoms with van der Waals surface area (Å²) in [7, 11) is -3.54. The molecule has 6 nitrogen and oxygen atoms in total. The maximum absolute atomic E-state index is 11.7. The van der Waals surface area contributed by atoms with E-state index in [9.17, 15) is 13.2 Å². The molecule has 8 heteroatoms. The van der Waals surface area contributed by atoms with Gasteiger partial charge in [0.2, 0.25) is 0 Å². The van der Waals surface area contributed by atoms with E-state index in [1.165, 1.54) is 4.90 Å². The minimum atomic E-state index is -3.54. The van der Waals surface area contributed by atoms with Crippen LogP contribution in [-0.2, 0) is 19.0 Å². The Morgan fingerprint density at radius 1 is 1.42 bits per heavy atom. The predicted molar refractivity (Wildman–Crippen MR) is 69.9 cm³/mol. The maximum Gasteiger partial charge on any atom is 0.414 e. The van der Waals surface area contributed by atoms with Crippen molar-refractivity contribution in [3.63, 3.8) is 0 Å². The van der Waals surface area contributed by atoms with Gasteiger partial charge in [-0.3, -0.25) is 9.08 Å². The lowest BCUT2D eigenvalue weighted by Gasteiger charge is -2.12. The van der Waals surface area contributed by atoms with Gasteiger partial charge in [-0.2, -0.15) is 8.42 Å². The molecule has 1 fully saturated rings. The summed E-state index contributed by atoms with van der Waals surface area (Å²) in [5, 5.41) is 0.563. The normalized spacial score (nSPS) is 19.6. The molecule has 0 aliphatic carbocycles. The van der Waals surface area contributed by atoms with E-state index in [0.29, 0.717) is 10.7 Å². The van der Waals surface area contributed by atoms with E-state index in [2.05, 4.69) is 4.18 Å². The van der Waals surface area contributed by atoms with Crippen molar-refractivity contribution in [2.24, 2.45) is 0 Å². The summed E-state index contributed by atoms with van der Waals surface area (Å²) in [5.74, 6) is 0. The first kappa shape index (κ1) is 14.1. The van der Waals surface area contributed by atoms with Crippen molar-refractivity contribution in [2.45, 2.75) is 6.10 Å². The van der Waals surface area contributed by atoms with Gasteiger partial charge in [0.05, 0.1) is 12.8 Å². The first-order chi connectivity index (χ1) is 8.85. The summed E-state index contributed by atoms with van der Waals surface area (Å²) in [6.45, 7) is 0.0463. The monoisotopic (exact) mass is 305 g/mol. The fraction of sp³-hybridized carbons (Fsp3) is 0.364. The number of anilines is 1. The Bertz CT molecular complexity index is 571. The second-order valence-corrected chi connectivity index (χ2v) is 6.16. The molecule has 1 aliphatic rings. The molecule has 1 atom stereocenters. The first-order valence-electron chi connectivity index (χ1n) is 5.43. The number of benzene rings is 1. The van der Waals surface area contributed by atoms with Gasteiger partial charge in [0.1, 0.15) is 12.7 Å². The van der Waals surface area contributed by atoms with Crippen LogP contribution in [-0.4, -0.2) is 40.0 Å². The fourth-order valence-corrected chi connectivity index (χ4v) is 2.16. The van der Waals surface area contributed by atoms with E-state index in [-0.39, 0.29) is 13.2 Å². The summed E-state index contributed by atoms with van der Waals surface area (Å²) >= 11 is 5.76. The molecule has 0 radical (unpaired) electrons. The molecule has 0 spiro atoms. The van der Waals surface area contributed by atoms with E-state index < -0.39 is 22.3 Å². The van der Waals surface area contributed by atoms with E-state index in [4.69, 9.17) is 16.3 Å². The van der Waals surface area contributed by atoms with Gasteiger partial charge >= 0.3 is 6.09 Å². The van der Waals surface area contributed by atoms with Crippen molar-refractivity contribution >= 4 is 33.5 Å². The van der Waals surface area contributed by atoms with Crippen molar-refractivity contribution in [3.05, 3.63) is 29.3 Å². The number of rotatable bonds is 4. The standard InChI is InChI=1S/C11H12ClNO5S/c1-19(15,16)17-7-10-6-13(11(14)18-10)9-4-2-8(12)3-5-9/h2-5,10H,6-7H2,1H3/t10-/m0/s1. The van der Waals surface area contributed by atoms with E-state index >= 15 is 0 Å². The van der Waals surface area contributed by atoms with Gasteiger partial charge in [-0.25, -0.2) is 4.79 Å². The van der Waals surface area contributed by atoms with E-state index in [1.807, 2.05) is 0 Å². The van der Waals surface area contributed by atoms with E-state index in [1.54, 1.807) is 24.3 Å². The lowest BCUT2D eigenvalue weighted by molar-refractivity contribution is 0.107. The van der Waals surface area contributed by atoms with Gasteiger partial charge in [0, 0.05) is 10.7 Å². The summed E-state index contributed by atoms with van der Waals surface area (Å²) in [5.41, 5.74) is 0.635. The SMILES string of the molecule is CS(=O)(=O)OC[C@@H]1CN(c2ccc(Cl)cc2)C(=O)O1. The van der Waals surface area contributed by atoms with Gasteiger partial charge in [-0.1, -0.05) is 11.6 Å². The molecule has 0 aromatic heterocycles. The highest BCUT2D eigenvalue weighted by molar-refractivity contribution is 7.85. The van der Waals surface area contributed by atoms with Crippen LogP contribution < -0.4 is 4.90 Å². The van der Waals surface area contributed by atoms with Gasteiger partial charge in [0.15, 0.2) is 0 Å². The molecule has 0 bridgehead atoms. The predicted octanol–water partition coefficient (Wildman–Crippen LogP) is 1.64. The molecular weight excluding hydrogens is 294 g/mol. The first-order valence-corrected chi connectivity index (χ1v) is 7.63. The number of nitrogens with zero attached hydrogens (tertiary/aromatic N) is 1. The molecular formula is C11H12ClNO5S. The summed E-state index contributed by atoms with van der Waals surface area (Å²) in [6.07, 6.45) is -0.205. The summed E-state index contributed by atoms with van der Waals surface area (Å²) in [4.78, 5) is 13.1. The zero-order chi connectivity index (χ0) is 14.0. The van der Waals surface area contributed by atoms with Crippen LogP contribution in [0.5, 0.6) is 0 Å². The quantitative estimate of drug-likeness (QED) is 0.791. The highest BCUT2D eigenvalue weighted by atomic mass is 35.5. The number of hydrogen-bond acceptors (Lipinski definition) is 5. The summed E-state index contributed by atoms with van der Waals surface area (Å²) < 4.78 is 31.4. The lowest BCUT2D eigenvalue weighted by Crippen LogP contribution is -2.26. The zero-order valence-corrected chi connectivity index (χ0v) is 11.6. The zero-order valence-electron chi connectivity index (χ0n) is 10.1. The fourth-order valence-electron chi connectivity index (χ4n) is 1.64. The number of carbonyl (C=O) groups is 1. The topological polar surface area (TPSA) is 72.9 Å². The minimum Gasteiger partial charge on any atom is -0.441 e. The largest absolute Gasteiger partial charge is 0.441 e. The van der Waals surface area contributed by atoms with Crippen LogP contribution in [0.4, 0.5) is 10.5 Å². The number of amides is 1. The Morgan fingerprint density at radius 3 is 2.63 bits per heavy atom. The van der Waals surface area contributed by atoms with Crippen molar-refractivity contribution in [3.8, 4) is 0 Å². The number of carbonyl (C=O) groups excluding carboxylic acids is 1. The van der Waals surface area contributed by atoms with Crippen LogP contribution in [0.1, 0.15) is 0 Å². The van der Waals surface area contributed by atoms with Gasteiger partial charge in [0.25, 0.3) is 10.1 Å². The molecule has 19 heavy (non-hydrogen) atoms. The second-order valence-electron chi connectivity index (χ2n) is 4.08. The highest BCUT2D eigenvalue weighted by Gasteiger charge is 2.33. The highest BCUT2D eigenvalue weighted by Crippen LogP contribution is 2.23. The second kappa shape index (κ2) is 5.36.